The summed E-state index contributed by atoms with van der Waals surface area (Å²) in [6.07, 6.45) is 0.375. The number of nitrogens with one attached hydrogen (secondary N) is 1. The molecular formula is C31H30N2O3. The van der Waals surface area contributed by atoms with Crippen molar-refractivity contribution in [3.05, 3.63) is 138 Å². The van der Waals surface area contributed by atoms with Crippen LogP contribution in [0.4, 0.5) is 0 Å². The Labute approximate surface area is 211 Å². The first-order valence-electron chi connectivity index (χ1n) is 11.9. The predicted octanol–water partition coefficient (Wildman–Crippen LogP) is 4.63. The van der Waals surface area contributed by atoms with Gasteiger partial charge in [-0.25, -0.2) is 0 Å². The number of nitrogens with two attached hydrogens (primary N) is 1. The number of rotatable bonds is 10. The summed E-state index contributed by atoms with van der Waals surface area (Å²) in [6, 6.07) is 36.5. The van der Waals surface area contributed by atoms with Gasteiger partial charge in [-0.2, -0.15) is 0 Å². The predicted molar refractivity (Wildman–Crippen MR) is 142 cm³/mol. The summed E-state index contributed by atoms with van der Waals surface area (Å²) in [6.45, 7) is 0. The molecule has 0 aliphatic heterocycles. The Morgan fingerprint density at radius 3 is 1.72 bits per heavy atom. The normalized spacial score (nSPS) is 11.9. The zero-order valence-electron chi connectivity index (χ0n) is 20.3. The van der Waals surface area contributed by atoms with E-state index >= 15 is 0 Å². The van der Waals surface area contributed by atoms with E-state index in [0.29, 0.717) is 5.75 Å². The van der Waals surface area contributed by atoms with Gasteiger partial charge in [0.2, 0.25) is 11.8 Å². The number of carbonyl (C=O) groups is 2. The molecule has 0 radical (unpaired) electrons. The Morgan fingerprint density at radius 1 is 0.778 bits per heavy atom. The molecule has 0 bridgehead atoms. The van der Waals surface area contributed by atoms with E-state index in [-0.39, 0.29) is 18.7 Å². The molecule has 0 aliphatic rings. The van der Waals surface area contributed by atoms with Gasteiger partial charge in [0.15, 0.2) is 0 Å². The van der Waals surface area contributed by atoms with Gasteiger partial charge in [0, 0.05) is 12.8 Å². The fraction of sp³-hybridized carbons (Fsp3) is 0.161. The molecule has 0 spiro atoms. The summed E-state index contributed by atoms with van der Waals surface area (Å²) in [7, 11) is 1.59. The molecule has 2 amide bonds. The maximum Gasteiger partial charge on any atom is 0.240 e. The van der Waals surface area contributed by atoms with Crippen molar-refractivity contribution in [3.8, 4) is 5.75 Å². The van der Waals surface area contributed by atoms with Crippen molar-refractivity contribution >= 4 is 11.8 Å². The average Bonchev–Trinajstić information content (AvgIpc) is 2.93. The highest BCUT2D eigenvalue weighted by Crippen LogP contribution is 2.42. The molecule has 3 N–H and O–H groups in total. The molecule has 0 unspecified atom stereocenters. The van der Waals surface area contributed by atoms with Crippen LogP contribution in [0.3, 0.4) is 0 Å². The van der Waals surface area contributed by atoms with E-state index in [0.717, 1.165) is 22.3 Å². The highest BCUT2D eigenvalue weighted by Gasteiger charge is 2.39. The van der Waals surface area contributed by atoms with Crippen LogP contribution >= 0.6 is 0 Å². The number of methoxy groups -OCH3 is 1. The lowest BCUT2D eigenvalue weighted by molar-refractivity contribution is -0.127. The van der Waals surface area contributed by atoms with Gasteiger partial charge in [-0.05, 0) is 34.4 Å². The number of hydrogen-bond acceptors (Lipinski definition) is 3. The first kappa shape index (κ1) is 24.7. The van der Waals surface area contributed by atoms with Crippen LogP contribution in [0.1, 0.15) is 28.7 Å². The van der Waals surface area contributed by atoms with E-state index in [2.05, 4.69) is 5.32 Å². The summed E-state index contributed by atoms with van der Waals surface area (Å²) >= 11 is 0. The number of carbonyl (C=O) groups excluding carboxylic acids is 2. The number of hydrogen-bond donors (Lipinski definition) is 2. The van der Waals surface area contributed by atoms with E-state index in [1.165, 1.54) is 0 Å². The van der Waals surface area contributed by atoms with Crippen molar-refractivity contribution in [2.75, 3.05) is 7.11 Å². The van der Waals surface area contributed by atoms with E-state index in [9.17, 15) is 9.59 Å². The molecule has 0 saturated heterocycles. The minimum Gasteiger partial charge on any atom is -0.497 e. The number of ether oxygens (including phenoxy) is 1. The monoisotopic (exact) mass is 478 g/mol. The van der Waals surface area contributed by atoms with Gasteiger partial charge in [-0.15, -0.1) is 0 Å². The van der Waals surface area contributed by atoms with E-state index in [4.69, 9.17) is 10.5 Å². The second-order valence-electron chi connectivity index (χ2n) is 8.76. The largest absolute Gasteiger partial charge is 0.497 e. The zero-order valence-corrected chi connectivity index (χ0v) is 20.3. The molecule has 0 heterocycles. The van der Waals surface area contributed by atoms with Crippen molar-refractivity contribution in [1.82, 2.24) is 5.32 Å². The van der Waals surface area contributed by atoms with Crippen LogP contribution in [0.5, 0.6) is 5.75 Å². The topological polar surface area (TPSA) is 81.4 Å². The van der Waals surface area contributed by atoms with Gasteiger partial charge in [0.1, 0.15) is 11.8 Å². The van der Waals surface area contributed by atoms with E-state index in [1.807, 2.05) is 115 Å². The van der Waals surface area contributed by atoms with Gasteiger partial charge >= 0.3 is 0 Å². The summed E-state index contributed by atoms with van der Waals surface area (Å²) in [4.78, 5) is 26.0. The molecule has 4 aromatic rings. The van der Waals surface area contributed by atoms with Crippen molar-refractivity contribution < 1.29 is 14.3 Å². The zero-order chi connectivity index (χ0) is 25.4. The Kier molecular flexibility index (Phi) is 7.81. The second-order valence-corrected chi connectivity index (χ2v) is 8.76. The Morgan fingerprint density at radius 2 is 1.28 bits per heavy atom. The molecule has 5 heteroatoms. The van der Waals surface area contributed by atoms with Crippen LogP contribution in [0.25, 0.3) is 0 Å². The van der Waals surface area contributed by atoms with Crippen LogP contribution in [0, 0.1) is 0 Å². The fourth-order valence-electron chi connectivity index (χ4n) is 4.72. The lowest BCUT2D eigenvalue weighted by Crippen LogP contribution is -2.48. The average molecular weight is 479 g/mol. The van der Waals surface area contributed by atoms with Crippen LogP contribution in [-0.2, 0) is 21.4 Å². The van der Waals surface area contributed by atoms with Crippen molar-refractivity contribution in [2.24, 2.45) is 5.73 Å². The molecule has 36 heavy (non-hydrogen) atoms. The van der Waals surface area contributed by atoms with E-state index < -0.39 is 17.4 Å². The lowest BCUT2D eigenvalue weighted by atomic mass is 9.67. The quantitative estimate of drug-likeness (QED) is 0.326. The van der Waals surface area contributed by atoms with Crippen molar-refractivity contribution in [3.63, 3.8) is 0 Å². The number of primary amides is 1. The third-order valence-corrected chi connectivity index (χ3v) is 6.48. The molecule has 4 rings (SSSR count). The van der Waals surface area contributed by atoms with Gasteiger partial charge in [-0.3, -0.25) is 9.59 Å². The smallest absolute Gasteiger partial charge is 0.240 e. The van der Waals surface area contributed by atoms with Crippen molar-refractivity contribution in [2.45, 2.75) is 24.3 Å². The summed E-state index contributed by atoms with van der Waals surface area (Å²) in [5.74, 6) is -0.174. The van der Waals surface area contributed by atoms with Crippen LogP contribution in [0.15, 0.2) is 115 Å². The van der Waals surface area contributed by atoms with Gasteiger partial charge in [0.25, 0.3) is 0 Å². The van der Waals surface area contributed by atoms with Crippen LogP contribution in [-0.4, -0.2) is 25.0 Å². The molecule has 0 aromatic heterocycles. The first-order valence-corrected chi connectivity index (χ1v) is 11.9. The maximum atomic E-state index is 13.7. The molecule has 0 aliphatic carbocycles. The highest BCUT2D eigenvalue weighted by molar-refractivity contribution is 5.88. The SMILES string of the molecule is COc1cccc(C[C@@H](NC(=O)CC(c2ccccc2)(c2ccccc2)c2ccccc2)C(N)=O)c1. The van der Waals surface area contributed by atoms with Crippen molar-refractivity contribution in [1.29, 1.82) is 0 Å². The highest BCUT2D eigenvalue weighted by atomic mass is 16.5. The summed E-state index contributed by atoms with van der Waals surface area (Å²) in [5.41, 5.74) is 8.76. The Balaban J connectivity index is 1.71. The van der Waals surface area contributed by atoms with E-state index in [1.54, 1.807) is 7.11 Å². The minimum absolute atomic E-state index is 0.104. The Bertz CT molecular complexity index is 1190. The third kappa shape index (κ3) is 5.47. The lowest BCUT2D eigenvalue weighted by Gasteiger charge is -2.36. The molecule has 0 saturated carbocycles. The summed E-state index contributed by atoms with van der Waals surface area (Å²) < 4.78 is 5.29. The van der Waals surface area contributed by atoms with Gasteiger partial charge in [-0.1, -0.05) is 103 Å². The molecule has 5 nitrogen and oxygen atoms in total. The first-order chi connectivity index (χ1) is 17.5. The molecular weight excluding hydrogens is 448 g/mol. The van der Waals surface area contributed by atoms with Crippen LogP contribution in [0.2, 0.25) is 0 Å². The van der Waals surface area contributed by atoms with Gasteiger partial charge < -0.3 is 15.8 Å². The molecule has 4 aromatic carbocycles. The summed E-state index contributed by atoms with van der Waals surface area (Å²) in [5, 5.41) is 2.91. The Hall–Kier alpha value is -4.38. The third-order valence-electron chi connectivity index (χ3n) is 6.48. The molecule has 182 valence electrons. The second kappa shape index (κ2) is 11.4. The maximum absolute atomic E-state index is 13.7. The fourth-order valence-corrected chi connectivity index (χ4v) is 4.72. The molecule has 1 atom stereocenters. The van der Waals surface area contributed by atoms with Crippen LogP contribution < -0.4 is 15.8 Å². The number of amides is 2. The standard InChI is InChI=1S/C31H30N2O3/c1-36-27-19-11-12-23(20-27)21-28(30(32)35)33-29(34)22-31(24-13-5-2-6-14-24,25-15-7-3-8-16-25)26-17-9-4-10-18-26/h2-20,28H,21-22H2,1H3,(H2,32,35)(H,33,34)/t28-/m1/s1. The van der Waals surface area contributed by atoms with Gasteiger partial charge in [0.05, 0.1) is 12.5 Å². The number of benzene rings is 4. The molecule has 0 fully saturated rings. The minimum atomic E-state index is -0.857.